The van der Waals surface area contributed by atoms with Crippen LogP contribution >= 0.6 is 0 Å². The Morgan fingerprint density at radius 1 is 1.29 bits per heavy atom. The molecule has 0 spiro atoms. The van der Waals surface area contributed by atoms with Gasteiger partial charge in [0.1, 0.15) is 0 Å². The minimum absolute atomic E-state index is 0.371. The Morgan fingerprint density at radius 3 is 2.65 bits per heavy atom. The summed E-state index contributed by atoms with van der Waals surface area (Å²) in [6.07, 6.45) is 14.1. The summed E-state index contributed by atoms with van der Waals surface area (Å²) in [4.78, 5) is 0. The second-order valence-electron chi connectivity index (χ2n) is 6.44. The largest absolute Gasteiger partial charge is 0.317 e. The molecule has 0 saturated heterocycles. The van der Waals surface area contributed by atoms with E-state index in [0.29, 0.717) is 10.8 Å². The summed E-state index contributed by atoms with van der Waals surface area (Å²) >= 11 is 0. The lowest BCUT2D eigenvalue weighted by molar-refractivity contribution is 0.203. The lowest BCUT2D eigenvalue weighted by atomic mass is 9.69. The summed E-state index contributed by atoms with van der Waals surface area (Å²) in [6, 6.07) is 0. The summed E-state index contributed by atoms with van der Waals surface area (Å²) in [5.74, 6) is 0. The molecule has 17 heavy (non-hydrogen) atoms. The van der Waals surface area contributed by atoms with Gasteiger partial charge < -0.3 is 5.32 Å². The number of allylic oxidation sites excluding steroid dienone is 4. The van der Waals surface area contributed by atoms with Crippen molar-refractivity contribution in [3.8, 4) is 0 Å². The fraction of sp³-hybridized carbons (Fsp3) is 0.750. The zero-order valence-electron chi connectivity index (χ0n) is 12.1. The van der Waals surface area contributed by atoms with Crippen molar-refractivity contribution >= 4 is 0 Å². The minimum atomic E-state index is 0.371. The van der Waals surface area contributed by atoms with Gasteiger partial charge in [-0.3, -0.25) is 0 Å². The molecule has 1 unspecified atom stereocenters. The molecule has 0 aromatic rings. The van der Waals surface area contributed by atoms with Gasteiger partial charge in [0.25, 0.3) is 0 Å². The molecule has 1 rings (SSSR count). The van der Waals surface area contributed by atoms with Crippen LogP contribution in [0.25, 0.3) is 0 Å². The van der Waals surface area contributed by atoms with E-state index in [1.54, 1.807) is 0 Å². The molecule has 0 aromatic heterocycles. The van der Waals surface area contributed by atoms with Gasteiger partial charge in [0.2, 0.25) is 0 Å². The van der Waals surface area contributed by atoms with E-state index in [4.69, 9.17) is 0 Å². The van der Waals surface area contributed by atoms with Crippen LogP contribution in [-0.2, 0) is 0 Å². The van der Waals surface area contributed by atoms with Gasteiger partial charge in [-0.1, -0.05) is 52.0 Å². The van der Waals surface area contributed by atoms with Gasteiger partial charge in [-0.2, -0.15) is 0 Å². The molecule has 0 saturated carbocycles. The molecule has 0 heterocycles. The Balaban J connectivity index is 2.37. The number of nitrogens with one attached hydrogen (secondary N) is 1. The maximum atomic E-state index is 3.41. The van der Waals surface area contributed by atoms with Crippen molar-refractivity contribution in [2.24, 2.45) is 10.8 Å². The van der Waals surface area contributed by atoms with Crippen LogP contribution in [0.2, 0.25) is 0 Å². The zero-order valence-corrected chi connectivity index (χ0v) is 12.1. The molecule has 0 bridgehead atoms. The molecule has 1 atom stereocenters. The first-order valence-electron chi connectivity index (χ1n) is 7.03. The van der Waals surface area contributed by atoms with Crippen molar-refractivity contribution < 1.29 is 0 Å². The van der Waals surface area contributed by atoms with Gasteiger partial charge in [0.05, 0.1) is 0 Å². The maximum Gasteiger partial charge on any atom is -0.00488 e. The van der Waals surface area contributed by atoms with E-state index in [1.807, 2.05) is 0 Å². The Bertz CT molecular complexity index is 275. The quantitative estimate of drug-likeness (QED) is 0.648. The average Bonchev–Trinajstić information content (AvgIpc) is 2.24. The summed E-state index contributed by atoms with van der Waals surface area (Å²) in [7, 11) is 0. The van der Waals surface area contributed by atoms with Crippen LogP contribution in [0.5, 0.6) is 0 Å². The molecular formula is C16H29N. The molecule has 1 N–H and O–H groups in total. The number of rotatable bonds is 7. The summed E-state index contributed by atoms with van der Waals surface area (Å²) in [5, 5.41) is 3.41. The standard InChI is InChI=1S/C16H29N/c1-5-17-13-9-10-15(2,3)14-16(4)11-7-6-8-12-16/h6-8,11,17H,5,9-10,12-14H2,1-4H3. The molecule has 1 aliphatic carbocycles. The summed E-state index contributed by atoms with van der Waals surface area (Å²) in [6.45, 7) is 11.6. The second kappa shape index (κ2) is 6.39. The van der Waals surface area contributed by atoms with Crippen LogP contribution in [0.1, 0.15) is 53.4 Å². The molecule has 1 nitrogen and oxygen atoms in total. The van der Waals surface area contributed by atoms with E-state index in [2.05, 4.69) is 57.3 Å². The van der Waals surface area contributed by atoms with Gasteiger partial charge in [-0.05, 0) is 49.6 Å². The molecule has 0 amide bonds. The predicted octanol–water partition coefficient (Wildman–Crippen LogP) is 4.31. The monoisotopic (exact) mass is 235 g/mol. The van der Waals surface area contributed by atoms with Gasteiger partial charge in [0, 0.05) is 0 Å². The first kappa shape index (κ1) is 14.5. The van der Waals surface area contributed by atoms with Gasteiger partial charge >= 0.3 is 0 Å². The SMILES string of the molecule is CCNCCCC(C)(C)CC1(C)C=CC=CC1. The molecule has 0 fully saturated rings. The number of hydrogen-bond donors (Lipinski definition) is 1. The molecule has 1 heteroatoms. The van der Waals surface area contributed by atoms with Crippen molar-refractivity contribution in [1.29, 1.82) is 0 Å². The third-order valence-electron chi connectivity index (χ3n) is 3.67. The highest BCUT2D eigenvalue weighted by molar-refractivity contribution is 5.16. The molecule has 0 radical (unpaired) electrons. The van der Waals surface area contributed by atoms with E-state index in [1.165, 1.54) is 25.7 Å². The fourth-order valence-corrected chi connectivity index (χ4v) is 2.95. The lowest BCUT2D eigenvalue weighted by Crippen LogP contribution is -2.26. The molecule has 0 aromatic carbocycles. The van der Waals surface area contributed by atoms with Gasteiger partial charge in [-0.25, -0.2) is 0 Å². The topological polar surface area (TPSA) is 12.0 Å². The highest BCUT2D eigenvalue weighted by atomic mass is 14.8. The summed E-state index contributed by atoms with van der Waals surface area (Å²) in [5.41, 5.74) is 0.816. The van der Waals surface area contributed by atoms with Crippen molar-refractivity contribution in [2.45, 2.75) is 53.4 Å². The minimum Gasteiger partial charge on any atom is -0.317 e. The molecular weight excluding hydrogens is 206 g/mol. The Kier molecular flexibility index (Phi) is 5.45. The van der Waals surface area contributed by atoms with Crippen LogP contribution in [0.3, 0.4) is 0 Å². The van der Waals surface area contributed by atoms with E-state index < -0.39 is 0 Å². The lowest BCUT2D eigenvalue weighted by Gasteiger charge is -2.36. The Hall–Kier alpha value is -0.560. The van der Waals surface area contributed by atoms with Crippen molar-refractivity contribution in [1.82, 2.24) is 5.32 Å². The van der Waals surface area contributed by atoms with E-state index in [-0.39, 0.29) is 0 Å². The summed E-state index contributed by atoms with van der Waals surface area (Å²) < 4.78 is 0. The highest BCUT2D eigenvalue weighted by Crippen LogP contribution is 2.41. The van der Waals surface area contributed by atoms with Crippen molar-refractivity contribution in [2.75, 3.05) is 13.1 Å². The Morgan fingerprint density at radius 2 is 2.06 bits per heavy atom. The highest BCUT2D eigenvalue weighted by Gasteiger charge is 2.29. The molecule has 98 valence electrons. The third kappa shape index (κ3) is 5.54. The third-order valence-corrected chi connectivity index (χ3v) is 3.67. The molecule has 0 aliphatic heterocycles. The first-order valence-corrected chi connectivity index (χ1v) is 7.03. The van der Waals surface area contributed by atoms with Crippen molar-refractivity contribution in [3.05, 3.63) is 24.3 Å². The van der Waals surface area contributed by atoms with E-state index in [9.17, 15) is 0 Å². The number of hydrogen-bond acceptors (Lipinski definition) is 1. The normalized spacial score (nSPS) is 24.2. The van der Waals surface area contributed by atoms with Gasteiger partial charge in [-0.15, -0.1) is 0 Å². The second-order valence-corrected chi connectivity index (χ2v) is 6.44. The van der Waals surface area contributed by atoms with E-state index in [0.717, 1.165) is 13.1 Å². The van der Waals surface area contributed by atoms with Crippen LogP contribution < -0.4 is 5.32 Å². The zero-order chi connectivity index (χ0) is 12.8. The maximum absolute atomic E-state index is 3.41. The van der Waals surface area contributed by atoms with Crippen molar-refractivity contribution in [3.63, 3.8) is 0 Å². The van der Waals surface area contributed by atoms with Crippen LogP contribution in [0.4, 0.5) is 0 Å². The first-order chi connectivity index (χ1) is 7.97. The predicted molar refractivity (Wildman–Crippen MR) is 77.2 cm³/mol. The van der Waals surface area contributed by atoms with E-state index >= 15 is 0 Å². The average molecular weight is 235 g/mol. The molecule has 1 aliphatic rings. The fourth-order valence-electron chi connectivity index (χ4n) is 2.95. The van der Waals surface area contributed by atoms with Crippen LogP contribution in [0, 0.1) is 10.8 Å². The van der Waals surface area contributed by atoms with Gasteiger partial charge in [0.15, 0.2) is 0 Å². The van der Waals surface area contributed by atoms with Crippen LogP contribution in [0.15, 0.2) is 24.3 Å². The smallest absolute Gasteiger partial charge is 0.00488 e. The van der Waals surface area contributed by atoms with Crippen LogP contribution in [-0.4, -0.2) is 13.1 Å². The Labute approximate surface area is 107 Å².